The molecule has 6 nitrogen and oxygen atoms in total. The Labute approximate surface area is 741 Å². The summed E-state index contributed by atoms with van der Waals surface area (Å²) in [5, 5.41) is 41.4. The molecule has 0 aliphatic heterocycles. The molecule has 596 valence electrons. The minimum Gasteiger partial charge on any atom is -0.309 e. The van der Waals surface area contributed by atoms with Crippen molar-refractivity contribution in [2.24, 2.45) is 0 Å². The molecule has 0 saturated carbocycles. The van der Waals surface area contributed by atoms with Crippen molar-refractivity contribution in [3.8, 4) is 56.4 Å². The zero-order valence-electron chi connectivity index (χ0n) is 70.1. The monoisotopic (exact) mass is 1640 g/mol. The summed E-state index contributed by atoms with van der Waals surface area (Å²) >= 11 is 0. The van der Waals surface area contributed by atoms with Crippen LogP contribution in [0.3, 0.4) is 0 Å². The third-order valence-corrected chi connectivity index (χ3v) is 29.8. The van der Waals surface area contributed by atoms with Gasteiger partial charge in [0.05, 0.1) is 77.6 Å². The average molecular weight is 1640 g/mol. The van der Waals surface area contributed by atoms with Gasteiger partial charge in [-0.3, -0.25) is 0 Å². The van der Waals surface area contributed by atoms with Crippen molar-refractivity contribution in [3.05, 3.63) is 425 Å². The summed E-state index contributed by atoms with van der Waals surface area (Å²) in [6.45, 7) is 0. The molecule has 0 aliphatic carbocycles. The molecular formula is C124H70N6. The van der Waals surface area contributed by atoms with E-state index in [2.05, 4.69) is 452 Å². The average Bonchev–Trinajstić information content (AvgIpc) is 1.54. The molecule has 0 radical (unpaired) electrons. The summed E-state index contributed by atoms with van der Waals surface area (Å²) in [5.74, 6) is 0. The Kier molecular flexibility index (Phi) is 13.4. The Morgan fingerprint density at radius 1 is 0.100 bits per heavy atom. The molecule has 0 unspecified atom stereocenters. The summed E-state index contributed by atoms with van der Waals surface area (Å²) < 4.78 is 14.8. The SMILES string of the molecule is c1cc2ccc3ccc(-n4c5cccc6ccc7c(-c8ccc9c%10c8ccc8cccc(c8%10)n9-c8ccc9ccc%10cccc%11ccc8c9c%10%11)ccc4c7c65)c4ccc(c1)c2c34.c1ccc2c(c1)c1ccccc1n2-c1ccc(-n2c3cccc4ccc5c(-c6ccc7c8c6ccc6cccc(c68)n7-c6ccc(-n7c8ccccc8c8ccccc87)cc6)ccc2c5c43)cc1. The van der Waals surface area contributed by atoms with Crippen LogP contribution < -0.4 is 0 Å². The first kappa shape index (κ1) is 69.0. The maximum Gasteiger partial charge on any atom is 0.0548 e. The smallest absolute Gasteiger partial charge is 0.0548 e. The van der Waals surface area contributed by atoms with Gasteiger partial charge in [0.1, 0.15) is 0 Å². The van der Waals surface area contributed by atoms with Crippen molar-refractivity contribution in [2.45, 2.75) is 0 Å². The van der Waals surface area contributed by atoms with E-state index in [0.29, 0.717) is 0 Å². The number of hydrogen-bond donors (Lipinski definition) is 0. The van der Waals surface area contributed by atoms with Gasteiger partial charge in [0.2, 0.25) is 0 Å². The predicted octanol–water partition coefficient (Wildman–Crippen LogP) is 33.4. The zero-order valence-corrected chi connectivity index (χ0v) is 70.1. The van der Waals surface area contributed by atoms with E-state index in [-0.39, 0.29) is 0 Å². The molecule has 32 aromatic rings. The van der Waals surface area contributed by atoms with Gasteiger partial charge >= 0.3 is 0 Å². The fourth-order valence-electron chi connectivity index (χ4n) is 24.5. The fourth-order valence-corrected chi connectivity index (χ4v) is 24.5. The molecule has 0 saturated heterocycles. The van der Waals surface area contributed by atoms with Gasteiger partial charge in [-0.15, -0.1) is 0 Å². The highest BCUT2D eigenvalue weighted by molar-refractivity contribution is 6.35. The topological polar surface area (TPSA) is 29.6 Å². The van der Waals surface area contributed by atoms with Crippen molar-refractivity contribution in [1.29, 1.82) is 0 Å². The number of nitrogens with zero attached hydrogens (tertiary/aromatic N) is 6. The normalized spacial score (nSPS) is 12.6. The molecule has 32 rings (SSSR count). The van der Waals surface area contributed by atoms with Crippen molar-refractivity contribution >= 4 is 239 Å². The van der Waals surface area contributed by atoms with E-state index in [1.165, 1.54) is 272 Å². The van der Waals surface area contributed by atoms with Gasteiger partial charge in [0.15, 0.2) is 0 Å². The standard InChI is InChI=1S/C64H38N4.C60H32N2/c1-5-17-53-47(13-1)48-14-2-6-18-54(48)65(53)41-25-29-43(30-26-41)67-57-21-9-11-39-23-33-51-45(35-37-59(67)63(51)61(39)57)46-36-38-60-64-52(46)34-24-40-12-10-22-58(62(40)64)68(60)44-31-27-42(28-32-44)66-55-19-7-3-15-49(55)50-16-4-8-20-56(50)66;1-5-33-13-15-39-21-29-47(45-25-19-35(7-1)53(33)55(39)45)61-49-11-3-9-37-17-23-43-41(27-31-51(61)59(43)57(37)49)42-28-32-52-60-44(42)24-18-38-10-4-12-50(58(38)60)62(52)48-30-22-40-16-14-34-6-2-8-36-20-26-46(48)56(40)54(34)36/h1-38H;1-32H. The second-order valence-electron chi connectivity index (χ2n) is 36.0. The number of benzene rings is 26. The molecule has 26 aromatic carbocycles. The first-order valence-corrected chi connectivity index (χ1v) is 45.2. The lowest BCUT2D eigenvalue weighted by Crippen LogP contribution is -1.97. The molecular weight excluding hydrogens is 1570 g/mol. The van der Waals surface area contributed by atoms with Gasteiger partial charge in [-0.1, -0.05) is 291 Å². The predicted molar refractivity (Wildman–Crippen MR) is 552 cm³/mol. The Hall–Kier alpha value is -17.3. The van der Waals surface area contributed by atoms with Crippen LogP contribution in [-0.4, -0.2) is 27.4 Å². The summed E-state index contributed by atoms with van der Waals surface area (Å²) in [4.78, 5) is 0. The van der Waals surface area contributed by atoms with Crippen LogP contribution in [0, 0.1) is 0 Å². The van der Waals surface area contributed by atoms with Crippen molar-refractivity contribution in [3.63, 3.8) is 0 Å². The van der Waals surface area contributed by atoms with Crippen LogP contribution >= 0.6 is 0 Å². The zero-order chi connectivity index (χ0) is 84.1. The highest BCUT2D eigenvalue weighted by atomic mass is 15.0. The Bertz CT molecular complexity index is 9720. The van der Waals surface area contributed by atoms with E-state index in [4.69, 9.17) is 0 Å². The lowest BCUT2D eigenvalue weighted by Gasteiger charge is -2.17. The minimum atomic E-state index is 1.15. The molecule has 0 fully saturated rings. The highest BCUT2D eigenvalue weighted by Crippen LogP contribution is 2.53. The molecule has 0 aliphatic rings. The minimum absolute atomic E-state index is 1.15. The largest absolute Gasteiger partial charge is 0.309 e. The molecule has 6 aromatic heterocycles. The molecule has 0 N–H and O–H groups in total. The Morgan fingerprint density at radius 2 is 0.300 bits per heavy atom. The molecule has 0 spiro atoms. The Balaban J connectivity index is 0.000000124. The fraction of sp³-hybridized carbons (Fsp3) is 0. The maximum absolute atomic E-state index is 2.53. The van der Waals surface area contributed by atoms with E-state index < -0.39 is 0 Å². The third-order valence-electron chi connectivity index (χ3n) is 29.8. The van der Waals surface area contributed by atoms with Crippen LogP contribution in [0.1, 0.15) is 0 Å². The van der Waals surface area contributed by atoms with Crippen LogP contribution in [0.25, 0.3) is 295 Å². The highest BCUT2D eigenvalue weighted by Gasteiger charge is 2.29. The lowest BCUT2D eigenvalue weighted by molar-refractivity contribution is 1.14. The van der Waals surface area contributed by atoms with E-state index >= 15 is 0 Å². The van der Waals surface area contributed by atoms with Crippen molar-refractivity contribution < 1.29 is 0 Å². The van der Waals surface area contributed by atoms with Gasteiger partial charge in [0, 0.05) is 98.2 Å². The van der Waals surface area contributed by atoms with Crippen molar-refractivity contribution in [1.82, 2.24) is 27.4 Å². The van der Waals surface area contributed by atoms with E-state index in [1.54, 1.807) is 0 Å². The first-order chi connectivity index (χ1) is 64.5. The third kappa shape index (κ3) is 9.00. The van der Waals surface area contributed by atoms with E-state index in [1.807, 2.05) is 0 Å². The molecule has 0 atom stereocenters. The summed E-state index contributed by atoms with van der Waals surface area (Å²) in [5.41, 5.74) is 26.8. The summed E-state index contributed by atoms with van der Waals surface area (Å²) in [6.07, 6.45) is 0. The first-order valence-electron chi connectivity index (χ1n) is 45.2. The van der Waals surface area contributed by atoms with Crippen LogP contribution in [0.15, 0.2) is 425 Å². The quantitative estimate of drug-likeness (QED) is 0.136. The van der Waals surface area contributed by atoms with Crippen LogP contribution in [0.4, 0.5) is 0 Å². The second kappa shape index (κ2) is 25.3. The van der Waals surface area contributed by atoms with Gasteiger partial charge in [-0.05, 0) is 253 Å². The maximum atomic E-state index is 2.53. The van der Waals surface area contributed by atoms with Gasteiger partial charge in [-0.2, -0.15) is 0 Å². The van der Waals surface area contributed by atoms with Gasteiger partial charge in [0.25, 0.3) is 0 Å². The van der Waals surface area contributed by atoms with Gasteiger partial charge in [-0.25, -0.2) is 0 Å². The number of fused-ring (bicyclic) bond motifs is 6. The molecule has 0 amide bonds. The molecule has 6 heterocycles. The van der Waals surface area contributed by atoms with Crippen molar-refractivity contribution in [2.75, 3.05) is 0 Å². The van der Waals surface area contributed by atoms with Crippen LogP contribution in [0.5, 0.6) is 0 Å². The number of hydrogen-bond acceptors (Lipinski definition) is 0. The van der Waals surface area contributed by atoms with Crippen LogP contribution in [-0.2, 0) is 0 Å². The molecule has 6 heteroatoms. The molecule has 130 heavy (non-hydrogen) atoms. The van der Waals surface area contributed by atoms with E-state index in [0.717, 1.165) is 22.7 Å². The lowest BCUT2D eigenvalue weighted by atomic mass is 9.90. The van der Waals surface area contributed by atoms with E-state index in [9.17, 15) is 0 Å². The second-order valence-corrected chi connectivity index (χ2v) is 36.0. The van der Waals surface area contributed by atoms with Crippen LogP contribution in [0.2, 0.25) is 0 Å². The van der Waals surface area contributed by atoms with Gasteiger partial charge < -0.3 is 27.4 Å². The number of rotatable bonds is 8. The summed E-state index contributed by atoms with van der Waals surface area (Å²) in [7, 11) is 0. The Morgan fingerprint density at radius 3 is 0.592 bits per heavy atom. The molecule has 0 bridgehead atoms. The number of aromatic nitrogens is 6. The number of para-hydroxylation sites is 4. The summed E-state index contributed by atoms with van der Waals surface area (Å²) in [6, 6.07) is 159.